The average Bonchev–Trinajstić information content (AvgIpc) is 3.13. The van der Waals surface area contributed by atoms with Gasteiger partial charge in [0.25, 0.3) is 5.56 Å². The fourth-order valence-corrected chi connectivity index (χ4v) is 4.48. The summed E-state index contributed by atoms with van der Waals surface area (Å²) in [6.45, 7) is 4.17. The third kappa shape index (κ3) is 4.05. The molecule has 5 nitrogen and oxygen atoms in total. The van der Waals surface area contributed by atoms with Gasteiger partial charge in [0.05, 0.1) is 11.9 Å². The minimum absolute atomic E-state index is 0.191. The molecule has 4 rings (SSSR count). The van der Waals surface area contributed by atoms with Gasteiger partial charge in [0.2, 0.25) is 0 Å². The van der Waals surface area contributed by atoms with E-state index in [2.05, 4.69) is 26.1 Å². The number of rotatable bonds is 4. The number of nitrogens with one attached hydrogen (secondary N) is 1. The van der Waals surface area contributed by atoms with Gasteiger partial charge >= 0.3 is 0 Å². The molecular formula is C19H18ClFN4OS. The number of nitrogens with zero attached hydrogens (tertiary/aromatic N) is 3. The molecule has 3 aromatic rings. The molecule has 0 atom stereocenters. The van der Waals surface area contributed by atoms with Gasteiger partial charge < -0.3 is 4.90 Å². The first-order valence-corrected chi connectivity index (χ1v) is 9.85. The second kappa shape index (κ2) is 7.80. The molecule has 1 N–H and O–H groups in total. The van der Waals surface area contributed by atoms with Crippen molar-refractivity contribution in [1.29, 1.82) is 0 Å². The van der Waals surface area contributed by atoms with Gasteiger partial charge in [-0.2, -0.15) is 5.10 Å². The number of hydrogen-bond donors (Lipinski definition) is 1. The minimum Gasteiger partial charge on any atom is -0.366 e. The Kier molecular flexibility index (Phi) is 5.24. The lowest BCUT2D eigenvalue weighted by Gasteiger charge is -2.35. The highest BCUT2D eigenvalue weighted by atomic mass is 35.5. The zero-order valence-electron chi connectivity index (χ0n) is 14.5. The lowest BCUT2D eigenvalue weighted by molar-refractivity contribution is 0.252. The summed E-state index contributed by atoms with van der Waals surface area (Å²) in [5.41, 5.74) is 1.23. The Morgan fingerprint density at radius 3 is 2.78 bits per heavy atom. The Morgan fingerprint density at radius 1 is 1.19 bits per heavy atom. The van der Waals surface area contributed by atoms with E-state index in [1.165, 1.54) is 10.9 Å². The van der Waals surface area contributed by atoms with Gasteiger partial charge in [-0.3, -0.25) is 9.69 Å². The Morgan fingerprint density at radius 2 is 2.00 bits per heavy atom. The van der Waals surface area contributed by atoms with Crippen LogP contribution in [0.15, 0.2) is 47.4 Å². The Hall–Kier alpha value is -2.22. The molecule has 2 aromatic heterocycles. The summed E-state index contributed by atoms with van der Waals surface area (Å²) in [5, 5.41) is 6.38. The van der Waals surface area contributed by atoms with Gasteiger partial charge in [0, 0.05) is 42.5 Å². The molecule has 1 aliphatic rings. The first kappa shape index (κ1) is 18.2. The van der Waals surface area contributed by atoms with E-state index < -0.39 is 0 Å². The molecule has 27 heavy (non-hydrogen) atoms. The third-order valence-electron chi connectivity index (χ3n) is 4.64. The van der Waals surface area contributed by atoms with Crippen LogP contribution in [-0.2, 0) is 6.54 Å². The third-order valence-corrected chi connectivity index (χ3v) is 6.12. The molecule has 0 unspecified atom stereocenters. The predicted octanol–water partition coefficient (Wildman–Crippen LogP) is 3.61. The van der Waals surface area contributed by atoms with E-state index in [4.69, 9.17) is 11.6 Å². The van der Waals surface area contributed by atoms with E-state index in [-0.39, 0.29) is 16.4 Å². The first-order chi connectivity index (χ1) is 13.1. The van der Waals surface area contributed by atoms with Crippen LogP contribution in [0.2, 0.25) is 5.02 Å². The molecule has 1 aromatic carbocycles. The second-order valence-electron chi connectivity index (χ2n) is 6.44. The summed E-state index contributed by atoms with van der Waals surface area (Å²) in [6.07, 6.45) is 1.60. The summed E-state index contributed by atoms with van der Waals surface area (Å²) >= 11 is 7.79. The van der Waals surface area contributed by atoms with Crippen LogP contribution in [0.4, 0.5) is 10.1 Å². The number of thiophene rings is 1. The van der Waals surface area contributed by atoms with Gasteiger partial charge in [-0.15, -0.1) is 11.3 Å². The lowest BCUT2D eigenvalue weighted by atomic mass is 10.2. The molecule has 0 aliphatic carbocycles. The first-order valence-electron chi connectivity index (χ1n) is 8.65. The Bertz CT molecular complexity index is 997. The predicted molar refractivity (Wildman–Crippen MR) is 107 cm³/mol. The SMILES string of the molecule is O=c1[nH]ncc(N2CCN(Cc3ccc(-c4cccc(F)c4)s3)CC2)c1Cl. The van der Waals surface area contributed by atoms with Crippen molar-refractivity contribution in [1.82, 2.24) is 15.1 Å². The molecule has 0 spiro atoms. The molecule has 0 saturated carbocycles. The Balaban J connectivity index is 1.38. The smallest absolute Gasteiger partial charge is 0.285 e. The monoisotopic (exact) mass is 404 g/mol. The van der Waals surface area contributed by atoms with Crippen molar-refractivity contribution < 1.29 is 4.39 Å². The largest absolute Gasteiger partial charge is 0.366 e. The van der Waals surface area contributed by atoms with Gasteiger partial charge in [-0.05, 0) is 29.8 Å². The van der Waals surface area contributed by atoms with Crippen LogP contribution in [0.25, 0.3) is 10.4 Å². The van der Waals surface area contributed by atoms with Crippen LogP contribution in [0.5, 0.6) is 0 Å². The number of aromatic nitrogens is 2. The van der Waals surface area contributed by atoms with Gasteiger partial charge in [-0.1, -0.05) is 23.7 Å². The van der Waals surface area contributed by atoms with Crippen molar-refractivity contribution in [3.8, 4) is 10.4 Å². The van der Waals surface area contributed by atoms with Crippen LogP contribution >= 0.6 is 22.9 Å². The topological polar surface area (TPSA) is 52.2 Å². The van der Waals surface area contributed by atoms with Gasteiger partial charge in [0.15, 0.2) is 0 Å². The zero-order chi connectivity index (χ0) is 18.8. The molecule has 1 saturated heterocycles. The number of H-pyrrole nitrogens is 1. The molecule has 1 aliphatic heterocycles. The number of benzene rings is 1. The van der Waals surface area contributed by atoms with E-state index in [0.29, 0.717) is 5.69 Å². The van der Waals surface area contributed by atoms with Crippen molar-refractivity contribution >= 4 is 28.6 Å². The Labute approximate surface area is 165 Å². The summed E-state index contributed by atoms with van der Waals surface area (Å²) in [6, 6.07) is 10.8. The summed E-state index contributed by atoms with van der Waals surface area (Å²) in [7, 11) is 0. The second-order valence-corrected chi connectivity index (χ2v) is 7.98. The number of aromatic amines is 1. The van der Waals surface area contributed by atoms with E-state index >= 15 is 0 Å². The normalized spacial score (nSPS) is 15.3. The maximum atomic E-state index is 13.4. The van der Waals surface area contributed by atoms with Gasteiger partial charge in [0.1, 0.15) is 10.8 Å². The van der Waals surface area contributed by atoms with Crippen molar-refractivity contribution in [2.45, 2.75) is 6.54 Å². The average molecular weight is 405 g/mol. The summed E-state index contributed by atoms with van der Waals surface area (Å²) in [4.78, 5) is 18.4. The number of hydrogen-bond acceptors (Lipinski definition) is 5. The van der Waals surface area contributed by atoms with E-state index in [1.807, 2.05) is 12.1 Å². The van der Waals surface area contributed by atoms with Crippen LogP contribution in [-0.4, -0.2) is 41.3 Å². The fraction of sp³-hybridized carbons (Fsp3) is 0.263. The molecule has 3 heterocycles. The molecular weight excluding hydrogens is 387 g/mol. The van der Waals surface area contributed by atoms with Crippen LogP contribution in [0.1, 0.15) is 4.88 Å². The molecule has 1 fully saturated rings. The van der Waals surface area contributed by atoms with E-state index in [0.717, 1.165) is 43.2 Å². The molecule has 140 valence electrons. The highest BCUT2D eigenvalue weighted by molar-refractivity contribution is 7.15. The lowest BCUT2D eigenvalue weighted by Crippen LogP contribution is -2.46. The van der Waals surface area contributed by atoms with E-state index in [1.54, 1.807) is 29.7 Å². The number of halogens is 2. The van der Waals surface area contributed by atoms with Crippen LogP contribution < -0.4 is 10.5 Å². The van der Waals surface area contributed by atoms with E-state index in [9.17, 15) is 9.18 Å². The number of piperazine rings is 1. The van der Waals surface area contributed by atoms with Crippen LogP contribution in [0.3, 0.4) is 0 Å². The van der Waals surface area contributed by atoms with Crippen molar-refractivity contribution in [2.75, 3.05) is 31.1 Å². The van der Waals surface area contributed by atoms with Crippen molar-refractivity contribution in [2.24, 2.45) is 0 Å². The number of anilines is 1. The van der Waals surface area contributed by atoms with Crippen molar-refractivity contribution in [3.63, 3.8) is 0 Å². The fourth-order valence-electron chi connectivity index (χ4n) is 3.22. The van der Waals surface area contributed by atoms with Crippen molar-refractivity contribution in [3.05, 3.63) is 68.7 Å². The standard InChI is InChI=1S/C19H18ClFN4OS/c20-18-16(11-22-23-19(18)26)25-8-6-24(7-9-25)12-15-4-5-17(27-15)13-2-1-3-14(21)10-13/h1-5,10-11H,6-9,12H2,(H,23,26). The van der Waals surface area contributed by atoms with Crippen LogP contribution in [0, 0.1) is 5.82 Å². The van der Waals surface area contributed by atoms with Gasteiger partial charge in [-0.25, -0.2) is 9.49 Å². The maximum Gasteiger partial charge on any atom is 0.285 e. The quantitative estimate of drug-likeness (QED) is 0.721. The minimum atomic E-state index is -0.361. The maximum absolute atomic E-state index is 13.4. The molecule has 0 amide bonds. The summed E-state index contributed by atoms with van der Waals surface area (Å²) < 4.78 is 13.4. The highest BCUT2D eigenvalue weighted by Gasteiger charge is 2.21. The molecule has 0 bridgehead atoms. The highest BCUT2D eigenvalue weighted by Crippen LogP contribution is 2.30. The zero-order valence-corrected chi connectivity index (χ0v) is 16.1. The summed E-state index contributed by atoms with van der Waals surface area (Å²) in [5.74, 6) is -0.216. The molecule has 8 heteroatoms. The molecule has 0 radical (unpaired) electrons.